The molecule has 0 radical (unpaired) electrons. The molecular formula is C22H25ClN4O3S. The zero-order chi connectivity index (χ0) is 22.3. The van der Waals surface area contributed by atoms with E-state index in [-0.39, 0.29) is 18.0 Å². The Balaban J connectivity index is 1.63. The van der Waals surface area contributed by atoms with E-state index in [1.54, 1.807) is 18.3 Å². The summed E-state index contributed by atoms with van der Waals surface area (Å²) >= 11 is 5.94. The first-order chi connectivity index (χ1) is 14.9. The Morgan fingerprint density at radius 1 is 1.10 bits per heavy atom. The van der Waals surface area contributed by atoms with Gasteiger partial charge in [0.1, 0.15) is 5.75 Å². The first-order valence-corrected chi connectivity index (χ1v) is 12.0. The van der Waals surface area contributed by atoms with Crippen LogP contribution in [0, 0.1) is 0 Å². The van der Waals surface area contributed by atoms with Gasteiger partial charge in [-0.05, 0) is 48.2 Å². The highest BCUT2D eigenvalue weighted by molar-refractivity contribution is 7.89. The summed E-state index contributed by atoms with van der Waals surface area (Å²) in [6.45, 7) is 2.67. The maximum absolute atomic E-state index is 11.9. The molecule has 0 amide bonds. The molecule has 31 heavy (non-hydrogen) atoms. The van der Waals surface area contributed by atoms with E-state index in [4.69, 9.17) is 11.6 Å². The van der Waals surface area contributed by atoms with Crippen LogP contribution in [-0.2, 0) is 23.0 Å². The topological polar surface area (TPSA) is 104 Å². The molecule has 164 valence electrons. The molecule has 3 aromatic rings. The van der Waals surface area contributed by atoms with Crippen LogP contribution < -0.4 is 10.0 Å². The quantitative estimate of drug-likeness (QED) is 0.422. The third-order valence-electron chi connectivity index (χ3n) is 4.56. The highest BCUT2D eigenvalue weighted by Gasteiger charge is 2.09. The summed E-state index contributed by atoms with van der Waals surface area (Å²) in [7, 11) is -3.26. The summed E-state index contributed by atoms with van der Waals surface area (Å²) in [5.74, 6) is 0.676. The van der Waals surface area contributed by atoms with Gasteiger partial charge >= 0.3 is 0 Å². The second kappa shape index (κ2) is 10.6. The number of nitrogens with zero attached hydrogens (tertiary/aromatic N) is 2. The number of benzene rings is 2. The normalized spacial score (nSPS) is 11.4. The van der Waals surface area contributed by atoms with Gasteiger partial charge in [0.15, 0.2) is 0 Å². The Hall–Kier alpha value is -2.68. The van der Waals surface area contributed by atoms with Crippen molar-refractivity contribution >= 4 is 27.6 Å². The van der Waals surface area contributed by atoms with E-state index in [2.05, 4.69) is 20.0 Å². The van der Waals surface area contributed by atoms with E-state index in [1.807, 2.05) is 43.3 Å². The van der Waals surface area contributed by atoms with E-state index in [9.17, 15) is 13.5 Å². The predicted octanol–water partition coefficient (Wildman–Crippen LogP) is 3.99. The fourth-order valence-corrected chi connectivity index (χ4v) is 4.28. The van der Waals surface area contributed by atoms with Crippen molar-refractivity contribution in [2.45, 2.75) is 26.3 Å². The SMILES string of the molecule is CCCS(=O)(=O)NCc1cccc(-c2ccnc(NCCc3ccc(O)c(Cl)c3)n2)c1. The summed E-state index contributed by atoms with van der Waals surface area (Å²) in [6.07, 6.45) is 2.95. The van der Waals surface area contributed by atoms with E-state index >= 15 is 0 Å². The summed E-state index contributed by atoms with van der Waals surface area (Å²) in [6, 6.07) is 14.5. The minimum Gasteiger partial charge on any atom is -0.506 e. The molecule has 1 heterocycles. The first-order valence-electron chi connectivity index (χ1n) is 9.97. The molecule has 0 aliphatic heterocycles. The molecule has 0 unspecified atom stereocenters. The number of nitrogens with one attached hydrogen (secondary N) is 2. The fraction of sp³-hybridized carbons (Fsp3) is 0.273. The number of rotatable bonds is 10. The molecule has 3 rings (SSSR count). The average Bonchev–Trinajstić information content (AvgIpc) is 2.75. The van der Waals surface area contributed by atoms with Gasteiger partial charge in [-0.1, -0.05) is 42.8 Å². The van der Waals surface area contributed by atoms with Crippen LogP contribution >= 0.6 is 11.6 Å². The lowest BCUT2D eigenvalue weighted by molar-refractivity contribution is 0.475. The van der Waals surface area contributed by atoms with Crippen LogP contribution in [-0.4, -0.2) is 35.8 Å². The molecule has 0 aliphatic rings. The number of phenolic OH excluding ortho intramolecular Hbond substituents is 1. The van der Waals surface area contributed by atoms with Gasteiger partial charge < -0.3 is 10.4 Å². The second-order valence-electron chi connectivity index (χ2n) is 7.07. The molecule has 2 aromatic carbocycles. The lowest BCUT2D eigenvalue weighted by Gasteiger charge is -2.09. The van der Waals surface area contributed by atoms with Crippen LogP contribution in [0.4, 0.5) is 5.95 Å². The summed E-state index contributed by atoms with van der Waals surface area (Å²) < 4.78 is 26.4. The van der Waals surface area contributed by atoms with Crippen LogP contribution in [0.5, 0.6) is 5.75 Å². The molecule has 0 fully saturated rings. The predicted molar refractivity (Wildman–Crippen MR) is 124 cm³/mol. The van der Waals surface area contributed by atoms with Gasteiger partial charge in [0.25, 0.3) is 0 Å². The van der Waals surface area contributed by atoms with Gasteiger partial charge in [-0.15, -0.1) is 0 Å². The molecule has 0 spiro atoms. The van der Waals surface area contributed by atoms with E-state index in [0.29, 0.717) is 30.4 Å². The Bertz CT molecular complexity index is 1140. The van der Waals surface area contributed by atoms with Crippen molar-refractivity contribution in [1.29, 1.82) is 0 Å². The van der Waals surface area contributed by atoms with E-state index in [0.717, 1.165) is 22.4 Å². The Morgan fingerprint density at radius 3 is 2.71 bits per heavy atom. The van der Waals surface area contributed by atoms with Gasteiger partial charge in [0.2, 0.25) is 16.0 Å². The number of aromatic nitrogens is 2. The summed E-state index contributed by atoms with van der Waals surface area (Å²) in [4.78, 5) is 8.82. The molecule has 1 aromatic heterocycles. The maximum atomic E-state index is 11.9. The number of anilines is 1. The van der Waals surface area contributed by atoms with E-state index in [1.165, 1.54) is 0 Å². The third kappa shape index (κ3) is 6.92. The number of aromatic hydroxyl groups is 1. The van der Waals surface area contributed by atoms with Crippen molar-refractivity contribution in [3.63, 3.8) is 0 Å². The average molecular weight is 461 g/mol. The molecule has 9 heteroatoms. The van der Waals surface area contributed by atoms with Crippen LogP contribution in [0.15, 0.2) is 54.7 Å². The number of hydrogen-bond acceptors (Lipinski definition) is 6. The molecule has 0 atom stereocenters. The van der Waals surface area contributed by atoms with Gasteiger partial charge in [-0.3, -0.25) is 0 Å². The van der Waals surface area contributed by atoms with Crippen molar-refractivity contribution in [1.82, 2.24) is 14.7 Å². The molecular weight excluding hydrogens is 436 g/mol. The highest BCUT2D eigenvalue weighted by Crippen LogP contribution is 2.24. The van der Waals surface area contributed by atoms with E-state index < -0.39 is 10.0 Å². The number of sulfonamides is 1. The van der Waals surface area contributed by atoms with Gasteiger partial charge in [-0.25, -0.2) is 23.1 Å². The van der Waals surface area contributed by atoms with Crippen LogP contribution in [0.2, 0.25) is 5.02 Å². The van der Waals surface area contributed by atoms with Gasteiger partial charge in [0, 0.05) is 24.8 Å². The first kappa shape index (κ1) is 23.0. The summed E-state index contributed by atoms with van der Waals surface area (Å²) in [5, 5.41) is 13.0. The lowest BCUT2D eigenvalue weighted by Crippen LogP contribution is -2.25. The zero-order valence-electron chi connectivity index (χ0n) is 17.2. The highest BCUT2D eigenvalue weighted by atomic mass is 35.5. The van der Waals surface area contributed by atoms with Crippen LogP contribution in [0.3, 0.4) is 0 Å². The third-order valence-corrected chi connectivity index (χ3v) is 6.39. The Kier molecular flexibility index (Phi) is 7.84. The van der Waals surface area contributed by atoms with Gasteiger partial charge in [0.05, 0.1) is 16.5 Å². The molecule has 0 saturated carbocycles. The van der Waals surface area contributed by atoms with Crippen LogP contribution in [0.1, 0.15) is 24.5 Å². The Labute approximate surface area is 187 Å². The number of phenols is 1. The standard InChI is InChI=1S/C22H25ClN4O3S/c1-2-12-31(29,30)26-15-17-4-3-5-18(13-17)20-9-11-25-22(27-20)24-10-8-16-6-7-21(28)19(23)14-16/h3-7,9,11,13-14,26,28H,2,8,10,12,15H2,1H3,(H,24,25,27). The summed E-state index contributed by atoms with van der Waals surface area (Å²) in [5.41, 5.74) is 3.46. The largest absolute Gasteiger partial charge is 0.506 e. The zero-order valence-corrected chi connectivity index (χ0v) is 18.7. The van der Waals surface area contributed by atoms with Crippen molar-refractivity contribution in [3.8, 4) is 17.0 Å². The Morgan fingerprint density at radius 2 is 1.94 bits per heavy atom. The second-order valence-corrected chi connectivity index (χ2v) is 9.40. The molecule has 0 bridgehead atoms. The molecule has 0 saturated heterocycles. The van der Waals surface area contributed by atoms with Crippen molar-refractivity contribution in [2.75, 3.05) is 17.6 Å². The van der Waals surface area contributed by atoms with Crippen molar-refractivity contribution < 1.29 is 13.5 Å². The number of hydrogen-bond donors (Lipinski definition) is 3. The van der Waals surface area contributed by atoms with Crippen molar-refractivity contribution in [3.05, 3.63) is 70.9 Å². The van der Waals surface area contributed by atoms with Crippen molar-refractivity contribution in [2.24, 2.45) is 0 Å². The minimum atomic E-state index is -3.26. The number of halogens is 1. The maximum Gasteiger partial charge on any atom is 0.223 e. The molecule has 0 aliphatic carbocycles. The molecule has 3 N–H and O–H groups in total. The lowest BCUT2D eigenvalue weighted by atomic mass is 10.1. The smallest absolute Gasteiger partial charge is 0.223 e. The minimum absolute atomic E-state index is 0.0646. The molecule has 7 nitrogen and oxygen atoms in total. The van der Waals surface area contributed by atoms with Gasteiger partial charge in [-0.2, -0.15) is 0 Å². The van der Waals surface area contributed by atoms with Crippen LogP contribution in [0.25, 0.3) is 11.3 Å². The fourth-order valence-electron chi connectivity index (χ4n) is 3.00. The monoisotopic (exact) mass is 460 g/mol.